The van der Waals surface area contributed by atoms with Gasteiger partial charge in [0.1, 0.15) is 0 Å². The maximum absolute atomic E-state index is 12.9. The molecule has 4 rings (SSSR count). The Morgan fingerprint density at radius 1 is 1.00 bits per heavy atom. The highest BCUT2D eigenvalue weighted by Crippen LogP contribution is 2.39. The molecule has 2 aromatic carbocycles. The Labute approximate surface area is 171 Å². The summed E-state index contributed by atoms with van der Waals surface area (Å²) in [7, 11) is 0. The molecule has 0 bridgehead atoms. The zero-order valence-electron chi connectivity index (χ0n) is 16.7. The summed E-state index contributed by atoms with van der Waals surface area (Å²) in [5, 5.41) is 2.96. The molecule has 6 heteroatoms. The van der Waals surface area contributed by atoms with Gasteiger partial charge < -0.3 is 15.0 Å². The highest BCUT2D eigenvalue weighted by Gasteiger charge is 2.49. The summed E-state index contributed by atoms with van der Waals surface area (Å²) in [5.74, 6) is -0.360. The standard InChI is InChI=1S/C23H27N3O3/c1-2-29-22(27)21-19(17-9-5-3-6-10-17)15-25-13-14-26(16-20(21)25)23(28)24-18-11-7-4-8-12-18/h3-12,19-21H,2,13-16H2,1H3,(H,24,28)/t19-,20-,21-/m1/s1. The summed E-state index contributed by atoms with van der Waals surface area (Å²) in [4.78, 5) is 29.8. The molecule has 0 radical (unpaired) electrons. The molecule has 2 amide bonds. The van der Waals surface area contributed by atoms with Gasteiger partial charge in [-0.05, 0) is 24.6 Å². The zero-order valence-corrected chi connectivity index (χ0v) is 16.7. The van der Waals surface area contributed by atoms with Crippen molar-refractivity contribution in [3.05, 3.63) is 66.2 Å². The van der Waals surface area contributed by atoms with E-state index in [4.69, 9.17) is 4.74 Å². The van der Waals surface area contributed by atoms with Gasteiger partial charge in [-0.2, -0.15) is 0 Å². The van der Waals surface area contributed by atoms with E-state index in [0.29, 0.717) is 19.7 Å². The molecule has 0 saturated carbocycles. The van der Waals surface area contributed by atoms with Gasteiger partial charge >= 0.3 is 12.0 Å². The van der Waals surface area contributed by atoms with Crippen LogP contribution in [0.3, 0.4) is 0 Å². The second kappa shape index (κ2) is 8.66. The van der Waals surface area contributed by atoms with Crippen molar-refractivity contribution in [2.75, 3.05) is 38.1 Å². The maximum Gasteiger partial charge on any atom is 0.321 e. The summed E-state index contributed by atoms with van der Waals surface area (Å²) < 4.78 is 5.43. The lowest BCUT2D eigenvalue weighted by molar-refractivity contribution is -0.149. The molecule has 3 atom stereocenters. The number of piperazine rings is 1. The number of hydrogen-bond donors (Lipinski definition) is 1. The molecule has 2 heterocycles. The Kier molecular flexibility index (Phi) is 5.81. The van der Waals surface area contributed by atoms with Crippen molar-refractivity contribution in [1.29, 1.82) is 0 Å². The number of hydrogen-bond acceptors (Lipinski definition) is 4. The quantitative estimate of drug-likeness (QED) is 0.811. The number of amides is 2. The predicted molar refractivity (Wildman–Crippen MR) is 112 cm³/mol. The summed E-state index contributed by atoms with van der Waals surface area (Å²) in [6, 6.07) is 19.5. The van der Waals surface area contributed by atoms with Gasteiger partial charge in [0.2, 0.25) is 0 Å². The fourth-order valence-electron chi connectivity index (χ4n) is 4.53. The molecule has 152 valence electrons. The molecule has 2 aliphatic heterocycles. The fraction of sp³-hybridized carbons (Fsp3) is 0.391. The van der Waals surface area contributed by atoms with Crippen LogP contribution in [0.2, 0.25) is 0 Å². The number of esters is 1. The van der Waals surface area contributed by atoms with Crippen LogP contribution in [0.4, 0.5) is 10.5 Å². The maximum atomic E-state index is 12.9. The third-order valence-electron chi connectivity index (χ3n) is 5.91. The summed E-state index contributed by atoms with van der Waals surface area (Å²) in [6.45, 7) is 4.93. The Hall–Kier alpha value is -2.86. The van der Waals surface area contributed by atoms with E-state index in [2.05, 4.69) is 22.3 Å². The van der Waals surface area contributed by atoms with Crippen molar-refractivity contribution in [2.24, 2.45) is 5.92 Å². The van der Waals surface area contributed by atoms with Gasteiger partial charge in [-0.25, -0.2) is 4.79 Å². The Balaban J connectivity index is 1.53. The van der Waals surface area contributed by atoms with E-state index < -0.39 is 0 Å². The second-order valence-corrected chi connectivity index (χ2v) is 7.60. The zero-order chi connectivity index (χ0) is 20.2. The average Bonchev–Trinajstić information content (AvgIpc) is 3.14. The highest BCUT2D eigenvalue weighted by atomic mass is 16.5. The smallest absolute Gasteiger partial charge is 0.321 e. The number of carbonyl (C=O) groups is 2. The van der Waals surface area contributed by atoms with E-state index in [1.54, 1.807) is 0 Å². The van der Waals surface area contributed by atoms with Crippen molar-refractivity contribution in [3.63, 3.8) is 0 Å². The second-order valence-electron chi connectivity index (χ2n) is 7.60. The van der Waals surface area contributed by atoms with Gasteiger partial charge in [-0.3, -0.25) is 9.69 Å². The fourth-order valence-corrected chi connectivity index (χ4v) is 4.53. The monoisotopic (exact) mass is 393 g/mol. The van der Waals surface area contributed by atoms with Gasteiger partial charge in [0, 0.05) is 43.8 Å². The lowest BCUT2D eigenvalue weighted by Gasteiger charge is -2.38. The van der Waals surface area contributed by atoms with Gasteiger partial charge in [0.15, 0.2) is 0 Å². The van der Waals surface area contributed by atoms with Crippen LogP contribution in [-0.2, 0) is 9.53 Å². The van der Waals surface area contributed by atoms with Crippen molar-refractivity contribution in [3.8, 4) is 0 Å². The number of nitrogens with one attached hydrogen (secondary N) is 1. The first kappa shape index (κ1) is 19.5. The molecule has 1 N–H and O–H groups in total. The lowest BCUT2D eigenvalue weighted by Crippen LogP contribution is -2.55. The van der Waals surface area contributed by atoms with Crippen LogP contribution in [0, 0.1) is 5.92 Å². The van der Waals surface area contributed by atoms with Crippen LogP contribution in [0.25, 0.3) is 0 Å². The Morgan fingerprint density at radius 3 is 2.38 bits per heavy atom. The molecule has 2 aromatic rings. The average molecular weight is 393 g/mol. The minimum Gasteiger partial charge on any atom is -0.466 e. The van der Waals surface area contributed by atoms with E-state index in [1.807, 2.05) is 60.4 Å². The van der Waals surface area contributed by atoms with Crippen LogP contribution in [0.1, 0.15) is 18.4 Å². The van der Waals surface area contributed by atoms with Crippen LogP contribution in [-0.4, -0.2) is 60.6 Å². The van der Waals surface area contributed by atoms with Crippen molar-refractivity contribution < 1.29 is 14.3 Å². The van der Waals surface area contributed by atoms with Gasteiger partial charge in [0.25, 0.3) is 0 Å². The van der Waals surface area contributed by atoms with Gasteiger partial charge in [-0.15, -0.1) is 0 Å². The predicted octanol–water partition coefficient (Wildman–Crippen LogP) is 3.18. The first-order valence-electron chi connectivity index (χ1n) is 10.2. The van der Waals surface area contributed by atoms with Crippen LogP contribution in [0.5, 0.6) is 0 Å². The molecule has 29 heavy (non-hydrogen) atoms. The number of fused-ring (bicyclic) bond motifs is 1. The number of carbonyl (C=O) groups excluding carboxylic acids is 2. The molecule has 2 fully saturated rings. The number of para-hydroxylation sites is 1. The molecule has 0 aromatic heterocycles. The third kappa shape index (κ3) is 4.12. The molecule has 0 aliphatic carbocycles. The van der Waals surface area contributed by atoms with E-state index in [9.17, 15) is 9.59 Å². The summed E-state index contributed by atoms with van der Waals surface area (Å²) >= 11 is 0. The summed E-state index contributed by atoms with van der Waals surface area (Å²) in [5.41, 5.74) is 1.93. The van der Waals surface area contributed by atoms with Crippen molar-refractivity contribution >= 4 is 17.7 Å². The van der Waals surface area contributed by atoms with Crippen LogP contribution >= 0.6 is 0 Å². The number of nitrogens with zero attached hydrogens (tertiary/aromatic N) is 2. The molecular formula is C23H27N3O3. The third-order valence-corrected chi connectivity index (χ3v) is 5.91. The lowest BCUT2D eigenvalue weighted by atomic mass is 9.85. The van der Waals surface area contributed by atoms with Crippen molar-refractivity contribution in [1.82, 2.24) is 9.80 Å². The number of rotatable bonds is 4. The number of benzene rings is 2. The number of ether oxygens (including phenoxy) is 1. The first-order valence-corrected chi connectivity index (χ1v) is 10.2. The van der Waals surface area contributed by atoms with Gasteiger partial charge in [0.05, 0.1) is 12.5 Å². The van der Waals surface area contributed by atoms with E-state index in [1.165, 1.54) is 0 Å². The SMILES string of the molecule is CCOC(=O)[C@@H]1[C@@H](c2ccccc2)CN2CCN(C(=O)Nc3ccccc3)C[C@H]12. The number of urea groups is 1. The van der Waals surface area contributed by atoms with Crippen LogP contribution < -0.4 is 5.32 Å². The largest absolute Gasteiger partial charge is 0.466 e. The van der Waals surface area contributed by atoms with Crippen molar-refractivity contribution in [2.45, 2.75) is 18.9 Å². The molecular weight excluding hydrogens is 366 g/mol. The minimum atomic E-state index is -0.273. The topological polar surface area (TPSA) is 61.9 Å². The minimum absolute atomic E-state index is 0.0328. The molecule has 6 nitrogen and oxygen atoms in total. The van der Waals surface area contributed by atoms with E-state index >= 15 is 0 Å². The number of anilines is 1. The highest BCUT2D eigenvalue weighted by molar-refractivity contribution is 5.89. The van der Waals surface area contributed by atoms with E-state index in [0.717, 1.165) is 24.3 Å². The molecule has 0 spiro atoms. The normalized spacial score (nSPS) is 24.0. The Bertz CT molecular complexity index is 843. The first-order chi connectivity index (χ1) is 14.2. The van der Waals surface area contributed by atoms with Crippen LogP contribution in [0.15, 0.2) is 60.7 Å². The summed E-state index contributed by atoms with van der Waals surface area (Å²) in [6.07, 6.45) is 0. The molecule has 2 saturated heterocycles. The molecule has 2 aliphatic rings. The Morgan fingerprint density at radius 2 is 1.69 bits per heavy atom. The molecule has 0 unspecified atom stereocenters. The van der Waals surface area contributed by atoms with E-state index in [-0.39, 0.29) is 29.9 Å². The van der Waals surface area contributed by atoms with Gasteiger partial charge in [-0.1, -0.05) is 48.5 Å².